The molecule has 6 nitrogen and oxygen atoms in total. The van der Waals surface area contributed by atoms with Crippen molar-refractivity contribution in [1.29, 1.82) is 0 Å². The van der Waals surface area contributed by atoms with Gasteiger partial charge in [0.15, 0.2) is 0 Å². The van der Waals surface area contributed by atoms with Crippen molar-refractivity contribution in [3.8, 4) is 0 Å². The van der Waals surface area contributed by atoms with E-state index in [0.29, 0.717) is 13.0 Å². The highest BCUT2D eigenvalue weighted by Crippen LogP contribution is 2.16. The zero-order chi connectivity index (χ0) is 13.1. The summed E-state index contributed by atoms with van der Waals surface area (Å²) in [7, 11) is -3.60. The van der Waals surface area contributed by atoms with Crippen LogP contribution in [-0.4, -0.2) is 43.7 Å². The number of sulfonamides is 1. The average molecular weight is 271 g/mol. The van der Waals surface area contributed by atoms with Gasteiger partial charge in [0.05, 0.1) is 5.60 Å². The standard InChI is InChI=1S/C11H17N3O3S/c15-11(4-2-6-13-8-11)9-14-18(16,17)10-3-1-5-12-7-10/h1,3,5,7,13-15H,2,4,6,8-9H2/t11-/m0/s1. The van der Waals surface area contributed by atoms with Gasteiger partial charge in [0.1, 0.15) is 4.90 Å². The van der Waals surface area contributed by atoms with E-state index in [-0.39, 0.29) is 11.4 Å². The molecule has 0 amide bonds. The zero-order valence-corrected chi connectivity index (χ0v) is 10.8. The molecule has 0 aromatic carbocycles. The Hall–Kier alpha value is -1.02. The third kappa shape index (κ3) is 3.26. The molecule has 1 saturated heterocycles. The predicted octanol–water partition coefficient (Wildman–Crippen LogP) is -0.526. The third-order valence-electron chi connectivity index (χ3n) is 2.99. The van der Waals surface area contributed by atoms with Gasteiger partial charge in [-0.2, -0.15) is 0 Å². The second-order valence-electron chi connectivity index (χ2n) is 4.52. The van der Waals surface area contributed by atoms with Gasteiger partial charge >= 0.3 is 0 Å². The lowest BCUT2D eigenvalue weighted by Crippen LogP contribution is -2.52. The molecule has 1 fully saturated rings. The summed E-state index contributed by atoms with van der Waals surface area (Å²) in [6, 6.07) is 3.03. The maximum atomic E-state index is 11.9. The lowest BCUT2D eigenvalue weighted by molar-refractivity contribution is 0.0218. The van der Waals surface area contributed by atoms with Gasteiger partial charge in [-0.25, -0.2) is 13.1 Å². The molecule has 1 aromatic heterocycles. The highest BCUT2D eigenvalue weighted by molar-refractivity contribution is 7.89. The molecule has 0 spiro atoms. The molecule has 0 radical (unpaired) electrons. The molecule has 1 aliphatic rings. The first-order valence-electron chi connectivity index (χ1n) is 5.85. The number of hydrogen-bond acceptors (Lipinski definition) is 5. The van der Waals surface area contributed by atoms with Crippen molar-refractivity contribution in [2.45, 2.75) is 23.3 Å². The van der Waals surface area contributed by atoms with Crippen LogP contribution in [0.2, 0.25) is 0 Å². The maximum absolute atomic E-state index is 11.9. The Labute approximate surface area is 106 Å². The Bertz CT molecular complexity index is 484. The van der Waals surface area contributed by atoms with Crippen LogP contribution in [0.4, 0.5) is 0 Å². The van der Waals surface area contributed by atoms with Gasteiger partial charge in [0, 0.05) is 25.5 Å². The van der Waals surface area contributed by atoms with Gasteiger partial charge in [-0.3, -0.25) is 4.98 Å². The first kappa shape index (κ1) is 13.4. The van der Waals surface area contributed by atoms with Crippen LogP contribution in [0.25, 0.3) is 0 Å². The van der Waals surface area contributed by atoms with Gasteiger partial charge in [0.2, 0.25) is 10.0 Å². The molecular formula is C11H17N3O3S. The van der Waals surface area contributed by atoms with Crippen LogP contribution < -0.4 is 10.0 Å². The number of aromatic nitrogens is 1. The second-order valence-corrected chi connectivity index (χ2v) is 6.28. The van der Waals surface area contributed by atoms with Crippen LogP contribution in [-0.2, 0) is 10.0 Å². The highest BCUT2D eigenvalue weighted by Gasteiger charge is 2.30. The minimum absolute atomic E-state index is 0.0111. The predicted molar refractivity (Wildman–Crippen MR) is 66.5 cm³/mol. The van der Waals surface area contributed by atoms with E-state index in [2.05, 4.69) is 15.0 Å². The molecule has 3 N–H and O–H groups in total. The van der Waals surface area contributed by atoms with E-state index in [4.69, 9.17) is 0 Å². The lowest BCUT2D eigenvalue weighted by Gasteiger charge is -2.32. The molecular weight excluding hydrogens is 254 g/mol. The Kier molecular flexibility index (Phi) is 3.96. The van der Waals surface area contributed by atoms with Crippen molar-refractivity contribution < 1.29 is 13.5 Å². The van der Waals surface area contributed by atoms with Crippen LogP contribution in [0.5, 0.6) is 0 Å². The molecule has 1 atom stereocenters. The maximum Gasteiger partial charge on any atom is 0.242 e. The van der Waals surface area contributed by atoms with Crippen molar-refractivity contribution in [3.63, 3.8) is 0 Å². The molecule has 0 aliphatic carbocycles. The summed E-state index contributed by atoms with van der Waals surface area (Å²) in [6.45, 7) is 1.28. The van der Waals surface area contributed by atoms with E-state index in [1.807, 2.05) is 0 Å². The van der Waals surface area contributed by atoms with Gasteiger partial charge in [-0.05, 0) is 31.5 Å². The topological polar surface area (TPSA) is 91.3 Å². The quantitative estimate of drug-likeness (QED) is 0.685. The Morgan fingerprint density at radius 2 is 2.39 bits per heavy atom. The van der Waals surface area contributed by atoms with Crippen molar-refractivity contribution in [2.24, 2.45) is 0 Å². The fourth-order valence-corrected chi connectivity index (χ4v) is 3.00. The van der Waals surface area contributed by atoms with Crippen LogP contribution >= 0.6 is 0 Å². The van der Waals surface area contributed by atoms with Gasteiger partial charge in [0.25, 0.3) is 0 Å². The summed E-state index contributed by atoms with van der Waals surface area (Å²) in [5, 5.41) is 13.2. The van der Waals surface area contributed by atoms with Crippen molar-refractivity contribution >= 4 is 10.0 Å². The number of piperidine rings is 1. The average Bonchev–Trinajstić information content (AvgIpc) is 2.39. The number of pyridine rings is 1. The molecule has 18 heavy (non-hydrogen) atoms. The lowest BCUT2D eigenvalue weighted by atomic mass is 9.95. The van der Waals surface area contributed by atoms with Crippen LogP contribution in [0.15, 0.2) is 29.4 Å². The summed E-state index contributed by atoms with van der Waals surface area (Å²) >= 11 is 0. The molecule has 0 saturated carbocycles. The largest absolute Gasteiger partial charge is 0.387 e. The van der Waals surface area contributed by atoms with E-state index in [0.717, 1.165) is 13.0 Å². The molecule has 1 aliphatic heterocycles. The molecule has 1 aromatic rings. The summed E-state index contributed by atoms with van der Waals surface area (Å²) < 4.78 is 26.3. The van der Waals surface area contributed by atoms with E-state index in [9.17, 15) is 13.5 Å². The summed E-state index contributed by atoms with van der Waals surface area (Å²) in [4.78, 5) is 3.88. The number of nitrogens with zero attached hydrogens (tertiary/aromatic N) is 1. The Morgan fingerprint density at radius 1 is 1.56 bits per heavy atom. The number of nitrogens with one attached hydrogen (secondary N) is 2. The normalized spacial score (nSPS) is 24.9. The number of rotatable bonds is 4. The van der Waals surface area contributed by atoms with E-state index in [1.54, 1.807) is 6.07 Å². The highest BCUT2D eigenvalue weighted by atomic mass is 32.2. The van der Waals surface area contributed by atoms with Gasteiger partial charge < -0.3 is 10.4 Å². The number of β-amino-alcohol motifs (C(OH)–C–C–N with tert-alkyl or cyclic N) is 1. The summed E-state index contributed by atoms with van der Waals surface area (Å²) in [5.41, 5.74) is -1.01. The smallest absolute Gasteiger partial charge is 0.242 e. The van der Waals surface area contributed by atoms with E-state index < -0.39 is 15.6 Å². The fraction of sp³-hybridized carbons (Fsp3) is 0.545. The van der Waals surface area contributed by atoms with Gasteiger partial charge in [-0.1, -0.05) is 0 Å². The minimum Gasteiger partial charge on any atom is -0.387 e. The third-order valence-corrected chi connectivity index (χ3v) is 4.37. The second kappa shape index (κ2) is 5.31. The Balaban J connectivity index is 2.01. The molecule has 7 heteroatoms. The molecule has 2 heterocycles. The minimum atomic E-state index is -3.60. The number of hydrogen-bond donors (Lipinski definition) is 3. The van der Waals surface area contributed by atoms with Crippen molar-refractivity contribution in [2.75, 3.05) is 19.6 Å². The van der Waals surface area contributed by atoms with Crippen LogP contribution in [0, 0.1) is 0 Å². The van der Waals surface area contributed by atoms with Crippen molar-refractivity contribution in [1.82, 2.24) is 15.0 Å². The fourth-order valence-electron chi connectivity index (χ4n) is 1.92. The summed E-state index contributed by atoms with van der Waals surface area (Å²) in [6.07, 6.45) is 4.23. The molecule has 2 rings (SSSR count). The van der Waals surface area contributed by atoms with Crippen molar-refractivity contribution in [3.05, 3.63) is 24.5 Å². The number of aliphatic hydroxyl groups is 1. The molecule has 0 bridgehead atoms. The first-order valence-corrected chi connectivity index (χ1v) is 7.33. The van der Waals surface area contributed by atoms with E-state index >= 15 is 0 Å². The monoisotopic (exact) mass is 271 g/mol. The zero-order valence-electron chi connectivity index (χ0n) is 9.96. The van der Waals surface area contributed by atoms with Gasteiger partial charge in [-0.15, -0.1) is 0 Å². The first-order chi connectivity index (χ1) is 8.52. The molecule has 100 valence electrons. The van der Waals surface area contributed by atoms with Crippen LogP contribution in [0.3, 0.4) is 0 Å². The Morgan fingerprint density at radius 3 is 3.00 bits per heavy atom. The molecule has 0 unspecified atom stereocenters. The van der Waals surface area contributed by atoms with Crippen LogP contribution in [0.1, 0.15) is 12.8 Å². The SMILES string of the molecule is O=S(=O)(NC[C@]1(O)CCCNC1)c1cccnc1. The summed E-state index contributed by atoms with van der Waals surface area (Å²) in [5.74, 6) is 0. The van der Waals surface area contributed by atoms with E-state index in [1.165, 1.54) is 18.5 Å².